The van der Waals surface area contributed by atoms with Crippen LogP contribution >= 0.6 is 0 Å². The smallest absolute Gasteiger partial charge is 1.00 e. The number of hydrogen-bond acceptors (Lipinski definition) is 12. The maximum atomic E-state index is 13.6. The predicted octanol–water partition coefficient (Wildman–Crippen LogP) is -6.37. The monoisotopic (exact) mass is 653 g/mol. The number of Topliss-reactive ketones (excluding diaryl/α,β-unsaturated/α-hetero) is 1. The van der Waals surface area contributed by atoms with E-state index in [2.05, 4.69) is 0 Å². The number of phenols is 2. The third-order valence-electron chi connectivity index (χ3n) is 7.81. The first-order chi connectivity index (χ1) is 18.4. The Balaban J connectivity index is 0.00000205. The largest absolute Gasteiger partial charge is 2.00 e. The fourth-order valence-electron chi connectivity index (χ4n) is 5.75. The molecular formula is C27H29CaCl2NO11. The topological polar surface area (TPSA) is 206 Å². The molecule has 0 radical (unpaired) electrons. The van der Waals surface area contributed by atoms with Gasteiger partial charge in [-0.25, -0.2) is 0 Å². The fourth-order valence-corrected chi connectivity index (χ4v) is 5.75. The van der Waals surface area contributed by atoms with Crippen molar-refractivity contribution in [1.82, 2.24) is 0 Å². The van der Waals surface area contributed by atoms with Gasteiger partial charge in [0.25, 0.3) is 0 Å². The Kier molecular flexibility index (Phi) is 11.9. The third-order valence-corrected chi connectivity index (χ3v) is 7.81. The Bertz CT molecular complexity index is 1390. The van der Waals surface area contributed by atoms with Gasteiger partial charge in [0, 0.05) is 42.0 Å². The van der Waals surface area contributed by atoms with Crippen molar-refractivity contribution in [2.75, 3.05) is 13.7 Å². The number of halogens is 2. The molecule has 42 heavy (non-hydrogen) atoms. The van der Waals surface area contributed by atoms with E-state index in [0.29, 0.717) is 0 Å². The second kappa shape index (κ2) is 13.6. The summed E-state index contributed by atoms with van der Waals surface area (Å²) >= 11 is 0. The van der Waals surface area contributed by atoms with E-state index in [9.17, 15) is 39.9 Å². The number of benzene rings is 2. The fraction of sp³-hybridized carbons (Fsp3) is 0.444. The van der Waals surface area contributed by atoms with Crippen molar-refractivity contribution in [1.29, 1.82) is 0 Å². The van der Waals surface area contributed by atoms with Crippen LogP contribution in [0.3, 0.4) is 0 Å². The van der Waals surface area contributed by atoms with Crippen LogP contribution in [-0.2, 0) is 20.7 Å². The number of ether oxygens (including phenoxy) is 3. The van der Waals surface area contributed by atoms with Crippen LogP contribution in [0.1, 0.15) is 68.8 Å². The summed E-state index contributed by atoms with van der Waals surface area (Å²) in [7, 11) is 1.32. The van der Waals surface area contributed by atoms with Gasteiger partial charge in [-0.1, -0.05) is 12.1 Å². The van der Waals surface area contributed by atoms with E-state index in [4.69, 9.17) is 19.9 Å². The average molecular weight is 655 g/mol. The van der Waals surface area contributed by atoms with E-state index in [1.165, 1.54) is 25.3 Å². The predicted molar refractivity (Wildman–Crippen MR) is 138 cm³/mol. The van der Waals surface area contributed by atoms with Crippen molar-refractivity contribution in [3.8, 4) is 17.2 Å². The van der Waals surface area contributed by atoms with Crippen molar-refractivity contribution in [3.63, 3.8) is 0 Å². The molecule has 6 atom stereocenters. The number of aliphatic hydroxyl groups is 3. The number of rotatable bonds is 5. The zero-order chi connectivity index (χ0) is 28.4. The molecule has 0 amide bonds. The molecule has 15 heteroatoms. The van der Waals surface area contributed by atoms with Gasteiger partial charge < -0.3 is 70.3 Å². The van der Waals surface area contributed by atoms with Gasteiger partial charge in [0.2, 0.25) is 5.78 Å². The molecule has 0 aromatic heterocycles. The van der Waals surface area contributed by atoms with Crippen LogP contribution in [0, 0.1) is 0 Å². The van der Waals surface area contributed by atoms with Crippen molar-refractivity contribution in [2.45, 2.75) is 62.4 Å². The normalized spacial score (nSPS) is 27.7. The maximum Gasteiger partial charge on any atom is 2.00 e. The molecule has 1 aliphatic heterocycles. The van der Waals surface area contributed by atoms with Crippen LogP contribution in [0.15, 0.2) is 18.2 Å². The standard InChI is InChI=1S/C27H29NO11.Ca.2ClH/c1-10-22(31)13(28)6-17(38-10)39-15-8-27(36,16(30)9-29)7-12-19(15)26(35)21-20(24(12)33)23(32)11-4-3-5-14(37-2)18(11)25(21)34;;;/h3-5,10,13,15,17,22,29,31,33,35-36H,6-9,28H2,1-2H3;;2*1H/q;+2;;/p-2/t10?,13?,15-,17?,22?,27-;;;/m0.../s1. The van der Waals surface area contributed by atoms with E-state index >= 15 is 0 Å². The number of nitrogens with two attached hydrogens (primary N) is 1. The Labute approximate surface area is 283 Å². The number of carbonyl (C=O) groups excluding carboxylic acids is 3. The summed E-state index contributed by atoms with van der Waals surface area (Å²) in [5, 5.41) is 53.7. The molecule has 1 fully saturated rings. The Morgan fingerprint density at radius 3 is 2.36 bits per heavy atom. The summed E-state index contributed by atoms with van der Waals surface area (Å²) in [5.74, 6) is -3.77. The van der Waals surface area contributed by atoms with Gasteiger partial charge in [0.1, 0.15) is 29.5 Å². The first-order valence-electron chi connectivity index (χ1n) is 12.4. The van der Waals surface area contributed by atoms with Crippen LogP contribution in [0.2, 0.25) is 0 Å². The second-order valence-corrected chi connectivity index (χ2v) is 10.2. The SMILES string of the molecule is COc1cccc2c1C(=O)c1c(O)c3c(c(O)c1C2=O)C[C@@](O)(C(=O)CO)C[C@@H]3OC1CC(N)C(O)C(C)O1.[Ca+2].[Cl-].[Cl-]. The van der Waals surface area contributed by atoms with Crippen molar-refractivity contribution in [2.24, 2.45) is 5.73 Å². The van der Waals surface area contributed by atoms with Gasteiger partial charge in [-0.3, -0.25) is 14.4 Å². The van der Waals surface area contributed by atoms with Crippen LogP contribution < -0.4 is 35.3 Å². The van der Waals surface area contributed by atoms with E-state index in [0.717, 1.165) is 0 Å². The summed E-state index contributed by atoms with van der Waals surface area (Å²) < 4.78 is 17.0. The van der Waals surface area contributed by atoms with Crippen LogP contribution in [-0.4, -0.2) is 124 Å². The number of hydrogen-bond donors (Lipinski definition) is 6. The van der Waals surface area contributed by atoms with Gasteiger partial charge in [-0.05, 0) is 13.0 Å². The molecular weight excluding hydrogens is 625 g/mol. The molecule has 2 aromatic carbocycles. The summed E-state index contributed by atoms with van der Waals surface area (Å²) in [6.07, 6.45) is -5.12. The zero-order valence-electron chi connectivity index (χ0n) is 22.7. The number of aromatic hydroxyl groups is 2. The van der Waals surface area contributed by atoms with Crippen LogP contribution in [0.5, 0.6) is 17.2 Å². The van der Waals surface area contributed by atoms with Gasteiger partial charge >= 0.3 is 37.7 Å². The second-order valence-electron chi connectivity index (χ2n) is 10.2. The van der Waals surface area contributed by atoms with E-state index < -0.39 is 95.7 Å². The number of fused-ring (bicyclic) bond motifs is 3. The number of phenolic OH excluding ortho intramolecular Hbond substituents is 2. The Morgan fingerprint density at radius 2 is 1.76 bits per heavy atom. The minimum atomic E-state index is -2.24. The molecule has 1 saturated heterocycles. The van der Waals surface area contributed by atoms with E-state index in [1.807, 2.05) is 0 Å². The average Bonchev–Trinajstić information content (AvgIpc) is 2.90. The summed E-state index contributed by atoms with van der Waals surface area (Å²) in [6.45, 7) is 0.560. The van der Waals surface area contributed by atoms with Crippen molar-refractivity contribution in [3.05, 3.63) is 51.6 Å². The number of methoxy groups -OCH3 is 1. The van der Waals surface area contributed by atoms with Gasteiger partial charge in [-0.2, -0.15) is 0 Å². The molecule has 224 valence electrons. The molecule has 0 bridgehead atoms. The molecule has 7 N–H and O–H groups in total. The molecule has 0 spiro atoms. The summed E-state index contributed by atoms with van der Waals surface area (Å²) in [5.41, 5.74) is 2.37. The molecule has 5 rings (SSSR count). The molecule has 2 aromatic rings. The molecule has 12 nitrogen and oxygen atoms in total. The minimum Gasteiger partial charge on any atom is -1.00 e. The van der Waals surface area contributed by atoms with Crippen LogP contribution in [0.25, 0.3) is 0 Å². The molecule has 1 heterocycles. The summed E-state index contributed by atoms with van der Waals surface area (Å²) in [6, 6.07) is 3.64. The number of ketones is 3. The zero-order valence-corrected chi connectivity index (χ0v) is 26.4. The molecule has 4 unspecified atom stereocenters. The minimum absolute atomic E-state index is 0. The molecule has 2 aliphatic carbocycles. The van der Waals surface area contributed by atoms with E-state index in [-0.39, 0.29) is 97.0 Å². The van der Waals surface area contributed by atoms with Crippen LogP contribution in [0.4, 0.5) is 0 Å². The van der Waals surface area contributed by atoms with Gasteiger partial charge in [0.05, 0.1) is 42.1 Å². The Morgan fingerprint density at radius 1 is 1.12 bits per heavy atom. The number of aliphatic hydroxyl groups excluding tert-OH is 2. The first kappa shape index (κ1) is 36.6. The quantitative estimate of drug-likeness (QED) is 0.112. The first-order valence-corrected chi connectivity index (χ1v) is 12.4. The van der Waals surface area contributed by atoms with Crippen molar-refractivity contribution < 1.29 is 78.9 Å². The summed E-state index contributed by atoms with van der Waals surface area (Å²) in [4.78, 5) is 39.7. The maximum absolute atomic E-state index is 13.6. The van der Waals surface area contributed by atoms with E-state index in [1.54, 1.807) is 6.92 Å². The Hall–Kier alpha value is -1.55. The molecule has 3 aliphatic rings. The third kappa shape index (κ3) is 5.80. The molecule has 0 saturated carbocycles. The van der Waals surface area contributed by atoms with Gasteiger partial charge in [0.15, 0.2) is 17.9 Å². The van der Waals surface area contributed by atoms with Gasteiger partial charge in [-0.15, -0.1) is 0 Å². The van der Waals surface area contributed by atoms with Crippen molar-refractivity contribution >= 4 is 55.1 Å². The number of carbonyl (C=O) groups is 3.